The molecule has 2 fully saturated rings. The first-order valence-electron chi connectivity index (χ1n) is 7.19. The Morgan fingerprint density at radius 3 is 2.52 bits per heavy atom. The summed E-state index contributed by atoms with van der Waals surface area (Å²) in [4.78, 5) is 27.1. The third-order valence-electron chi connectivity index (χ3n) is 3.55. The molecule has 3 amide bonds. The Morgan fingerprint density at radius 1 is 1.19 bits per heavy atom. The van der Waals surface area contributed by atoms with E-state index in [2.05, 4.69) is 5.32 Å². The molecule has 1 unspecified atom stereocenters. The number of methoxy groups -OCH3 is 1. The average Bonchev–Trinajstić information content (AvgIpc) is 2.54. The number of amides is 3. The zero-order valence-electron chi connectivity index (χ0n) is 12.4. The van der Waals surface area contributed by atoms with Crippen LogP contribution in [0.2, 0.25) is 0 Å². The Morgan fingerprint density at radius 2 is 1.90 bits per heavy atom. The molecular weight excluding hydrogens is 278 g/mol. The van der Waals surface area contributed by atoms with Crippen molar-refractivity contribution in [2.24, 2.45) is 0 Å². The van der Waals surface area contributed by atoms with Gasteiger partial charge >= 0.3 is 6.03 Å². The summed E-state index contributed by atoms with van der Waals surface area (Å²) in [5.74, 6) is -0.0367. The largest absolute Gasteiger partial charge is 0.376 e. The lowest BCUT2D eigenvalue weighted by molar-refractivity contribution is -0.136. The Hall–Kier alpha value is -1.38. The van der Waals surface area contributed by atoms with Gasteiger partial charge in [-0.2, -0.15) is 0 Å². The zero-order valence-corrected chi connectivity index (χ0v) is 12.4. The molecule has 2 saturated heterocycles. The standard InChI is InChI=1S/C13H23N3O5/c1-19-10-12(17)15-2-4-16(5-3-15)13(18)14-8-11-9-20-6-7-21-11/h11H,2-10H2,1H3,(H,14,18). The lowest BCUT2D eigenvalue weighted by Gasteiger charge is -2.35. The minimum Gasteiger partial charge on any atom is -0.376 e. The number of carbonyl (C=O) groups is 2. The Labute approximate surface area is 124 Å². The van der Waals surface area contributed by atoms with Crippen LogP contribution < -0.4 is 5.32 Å². The van der Waals surface area contributed by atoms with Gasteiger partial charge < -0.3 is 29.3 Å². The molecule has 2 heterocycles. The first-order valence-corrected chi connectivity index (χ1v) is 7.19. The van der Waals surface area contributed by atoms with Crippen LogP contribution in [0.5, 0.6) is 0 Å². The van der Waals surface area contributed by atoms with Crippen molar-refractivity contribution < 1.29 is 23.8 Å². The normalized spacial score (nSPS) is 23.0. The molecule has 8 nitrogen and oxygen atoms in total. The molecule has 21 heavy (non-hydrogen) atoms. The van der Waals surface area contributed by atoms with E-state index in [1.165, 1.54) is 7.11 Å². The van der Waals surface area contributed by atoms with Gasteiger partial charge in [-0.05, 0) is 0 Å². The van der Waals surface area contributed by atoms with Gasteiger partial charge in [-0.25, -0.2) is 4.79 Å². The average molecular weight is 301 g/mol. The predicted molar refractivity (Wildman–Crippen MR) is 74.0 cm³/mol. The van der Waals surface area contributed by atoms with E-state index < -0.39 is 0 Å². The summed E-state index contributed by atoms with van der Waals surface area (Å²) in [5, 5.41) is 2.85. The summed E-state index contributed by atoms with van der Waals surface area (Å²) in [7, 11) is 1.50. The first-order chi connectivity index (χ1) is 10.2. The highest BCUT2D eigenvalue weighted by molar-refractivity contribution is 5.78. The molecule has 1 atom stereocenters. The topological polar surface area (TPSA) is 80.3 Å². The molecule has 2 aliphatic heterocycles. The number of urea groups is 1. The second kappa shape index (κ2) is 8.16. The van der Waals surface area contributed by atoms with Gasteiger partial charge in [0.1, 0.15) is 6.61 Å². The minimum absolute atomic E-state index is 0.0367. The second-order valence-electron chi connectivity index (χ2n) is 5.05. The molecule has 0 radical (unpaired) electrons. The van der Waals surface area contributed by atoms with Crippen LogP contribution in [0.1, 0.15) is 0 Å². The Kier molecular flexibility index (Phi) is 6.21. The molecule has 2 aliphatic rings. The Balaban J connectivity index is 1.66. The molecule has 2 rings (SSSR count). The maximum absolute atomic E-state index is 12.0. The maximum atomic E-state index is 12.0. The third kappa shape index (κ3) is 4.83. The molecule has 0 aromatic rings. The van der Waals surface area contributed by atoms with Gasteiger partial charge in [0, 0.05) is 39.8 Å². The number of hydrogen-bond donors (Lipinski definition) is 1. The van der Waals surface area contributed by atoms with Gasteiger partial charge in [-0.3, -0.25) is 4.79 Å². The van der Waals surface area contributed by atoms with Crippen LogP contribution >= 0.6 is 0 Å². The number of piperazine rings is 1. The number of nitrogens with zero attached hydrogens (tertiary/aromatic N) is 2. The number of nitrogens with one attached hydrogen (secondary N) is 1. The fourth-order valence-electron chi connectivity index (χ4n) is 2.34. The van der Waals surface area contributed by atoms with Crippen LogP contribution in [-0.2, 0) is 19.0 Å². The van der Waals surface area contributed by atoms with Crippen LogP contribution in [0.15, 0.2) is 0 Å². The van der Waals surface area contributed by atoms with Crippen molar-refractivity contribution in [3.05, 3.63) is 0 Å². The summed E-state index contributed by atoms with van der Waals surface area (Å²) in [5.41, 5.74) is 0. The molecular formula is C13H23N3O5. The molecule has 1 N–H and O–H groups in total. The van der Waals surface area contributed by atoms with Gasteiger partial charge in [0.25, 0.3) is 0 Å². The van der Waals surface area contributed by atoms with E-state index in [0.29, 0.717) is 52.5 Å². The van der Waals surface area contributed by atoms with Crippen molar-refractivity contribution >= 4 is 11.9 Å². The smallest absolute Gasteiger partial charge is 0.317 e. The fourth-order valence-corrected chi connectivity index (χ4v) is 2.34. The quantitative estimate of drug-likeness (QED) is 0.713. The van der Waals surface area contributed by atoms with Gasteiger partial charge in [-0.15, -0.1) is 0 Å². The minimum atomic E-state index is -0.122. The van der Waals surface area contributed by atoms with Crippen LogP contribution in [0.4, 0.5) is 4.79 Å². The summed E-state index contributed by atoms with van der Waals surface area (Å²) in [6.45, 7) is 4.37. The van der Waals surface area contributed by atoms with Gasteiger partial charge in [0.05, 0.1) is 25.9 Å². The van der Waals surface area contributed by atoms with Crippen LogP contribution in [-0.4, -0.2) is 94.1 Å². The molecule has 8 heteroatoms. The van der Waals surface area contributed by atoms with Crippen molar-refractivity contribution in [3.8, 4) is 0 Å². The van der Waals surface area contributed by atoms with E-state index in [-0.39, 0.29) is 24.6 Å². The van der Waals surface area contributed by atoms with E-state index >= 15 is 0 Å². The molecule has 0 bridgehead atoms. The number of hydrogen-bond acceptors (Lipinski definition) is 5. The van der Waals surface area contributed by atoms with E-state index in [4.69, 9.17) is 14.2 Å². The fraction of sp³-hybridized carbons (Fsp3) is 0.846. The van der Waals surface area contributed by atoms with Crippen molar-refractivity contribution in [2.45, 2.75) is 6.10 Å². The summed E-state index contributed by atoms with van der Waals surface area (Å²) in [6.07, 6.45) is -0.0766. The van der Waals surface area contributed by atoms with Crippen molar-refractivity contribution in [1.82, 2.24) is 15.1 Å². The Bertz CT molecular complexity index is 352. The zero-order chi connectivity index (χ0) is 15.1. The molecule has 0 spiro atoms. The highest BCUT2D eigenvalue weighted by Crippen LogP contribution is 2.04. The second-order valence-corrected chi connectivity index (χ2v) is 5.05. The number of rotatable bonds is 4. The van der Waals surface area contributed by atoms with E-state index in [0.717, 1.165) is 0 Å². The predicted octanol–water partition coefficient (Wildman–Crippen LogP) is -1.10. The lowest BCUT2D eigenvalue weighted by atomic mass is 10.3. The highest BCUT2D eigenvalue weighted by Gasteiger charge is 2.24. The highest BCUT2D eigenvalue weighted by atomic mass is 16.6. The molecule has 0 aromatic carbocycles. The van der Waals surface area contributed by atoms with E-state index in [9.17, 15) is 9.59 Å². The van der Waals surface area contributed by atoms with E-state index in [1.807, 2.05) is 0 Å². The van der Waals surface area contributed by atoms with E-state index in [1.54, 1.807) is 9.80 Å². The van der Waals surface area contributed by atoms with Crippen molar-refractivity contribution in [2.75, 3.05) is 66.3 Å². The number of ether oxygens (including phenoxy) is 3. The van der Waals surface area contributed by atoms with Crippen molar-refractivity contribution in [1.29, 1.82) is 0 Å². The van der Waals surface area contributed by atoms with Crippen LogP contribution in [0, 0.1) is 0 Å². The SMILES string of the molecule is COCC(=O)N1CCN(C(=O)NCC2COCCO2)CC1. The number of carbonyl (C=O) groups excluding carboxylic acids is 2. The van der Waals surface area contributed by atoms with Gasteiger partial charge in [0.2, 0.25) is 5.91 Å². The third-order valence-corrected chi connectivity index (χ3v) is 3.55. The molecule has 120 valence electrons. The van der Waals surface area contributed by atoms with Crippen LogP contribution in [0.3, 0.4) is 0 Å². The van der Waals surface area contributed by atoms with Gasteiger partial charge in [0.15, 0.2) is 0 Å². The monoisotopic (exact) mass is 301 g/mol. The first kappa shape index (κ1) is 16.0. The summed E-state index contributed by atoms with van der Waals surface area (Å²) in [6, 6.07) is -0.122. The maximum Gasteiger partial charge on any atom is 0.317 e. The van der Waals surface area contributed by atoms with Crippen molar-refractivity contribution in [3.63, 3.8) is 0 Å². The lowest BCUT2D eigenvalue weighted by Crippen LogP contribution is -2.54. The molecule has 0 aromatic heterocycles. The van der Waals surface area contributed by atoms with Gasteiger partial charge in [-0.1, -0.05) is 0 Å². The van der Waals surface area contributed by atoms with Crippen LogP contribution in [0.25, 0.3) is 0 Å². The summed E-state index contributed by atoms with van der Waals surface area (Å²) < 4.78 is 15.6. The molecule has 0 aliphatic carbocycles. The molecule has 0 saturated carbocycles. The summed E-state index contributed by atoms with van der Waals surface area (Å²) >= 11 is 0.